The lowest BCUT2D eigenvalue weighted by Gasteiger charge is -2.21. The summed E-state index contributed by atoms with van der Waals surface area (Å²) < 4.78 is 5.17. The summed E-state index contributed by atoms with van der Waals surface area (Å²) >= 11 is 0. The van der Waals surface area contributed by atoms with Gasteiger partial charge in [-0.05, 0) is 23.1 Å². The summed E-state index contributed by atoms with van der Waals surface area (Å²) in [6.07, 6.45) is 1.02. The van der Waals surface area contributed by atoms with E-state index in [1.807, 2.05) is 42.5 Å². The quantitative estimate of drug-likeness (QED) is 0.276. The number of fused-ring (bicyclic) bond motifs is 1. The second kappa shape index (κ2) is 12.4. The molecule has 0 aliphatic heterocycles. The van der Waals surface area contributed by atoms with E-state index in [0.717, 1.165) is 22.0 Å². The van der Waals surface area contributed by atoms with Crippen LogP contribution in [0.1, 0.15) is 25.0 Å². The highest BCUT2D eigenvalue weighted by Gasteiger charge is 2.26. The van der Waals surface area contributed by atoms with Gasteiger partial charge in [-0.3, -0.25) is 9.59 Å². The Morgan fingerprint density at radius 1 is 0.972 bits per heavy atom. The van der Waals surface area contributed by atoms with Gasteiger partial charge >= 0.3 is 12.1 Å². The van der Waals surface area contributed by atoms with Gasteiger partial charge in [-0.1, -0.05) is 62.4 Å². The Bertz CT molecular complexity index is 1210. The van der Waals surface area contributed by atoms with Crippen LogP contribution < -0.4 is 16.0 Å². The predicted molar refractivity (Wildman–Crippen MR) is 133 cm³/mol. The van der Waals surface area contributed by atoms with E-state index >= 15 is 0 Å². The molecular weight excluding hydrogens is 464 g/mol. The van der Waals surface area contributed by atoms with Crippen LogP contribution in [0.5, 0.6) is 0 Å². The number of alkyl carbamates (subject to hydrolysis) is 1. The maximum atomic E-state index is 12.6. The van der Waals surface area contributed by atoms with E-state index in [1.54, 1.807) is 32.2 Å². The van der Waals surface area contributed by atoms with E-state index in [-0.39, 0.29) is 18.9 Å². The minimum atomic E-state index is -1.19. The first-order valence-electron chi connectivity index (χ1n) is 11.6. The zero-order valence-corrected chi connectivity index (χ0v) is 20.1. The van der Waals surface area contributed by atoms with Gasteiger partial charge in [0, 0.05) is 23.5 Å². The summed E-state index contributed by atoms with van der Waals surface area (Å²) in [6.45, 7) is 3.09. The molecule has 3 rings (SSSR count). The van der Waals surface area contributed by atoms with Gasteiger partial charge in [-0.2, -0.15) is 0 Å². The number of nitrogens with one attached hydrogen (secondary N) is 4. The number of para-hydroxylation sites is 1. The van der Waals surface area contributed by atoms with Crippen LogP contribution in [0.3, 0.4) is 0 Å². The molecule has 0 saturated heterocycles. The first-order valence-corrected chi connectivity index (χ1v) is 11.6. The van der Waals surface area contributed by atoms with Crippen molar-refractivity contribution in [3.05, 3.63) is 71.9 Å². The number of carbonyl (C=O) groups excluding carboxylic acids is 3. The Labute approximate surface area is 208 Å². The predicted octanol–water partition coefficient (Wildman–Crippen LogP) is 2.35. The molecule has 0 fully saturated rings. The molecule has 0 aliphatic carbocycles. The molecule has 3 amide bonds. The van der Waals surface area contributed by atoms with E-state index in [9.17, 15) is 24.3 Å². The number of rotatable bonds is 11. The normalized spacial score (nSPS) is 12.5. The maximum Gasteiger partial charge on any atom is 0.408 e. The average Bonchev–Trinajstić information content (AvgIpc) is 3.27. The van der Waals surface area contributed by atoms with Crippen LogP contribution in [-0.2, 0) is 32.1 Å². The second-order valence-electron chi connectivity index (χ2n) is 8.67. The molecule has 0 spiro atoms. The zero-order chi connectivity index (χ0) is 26.1. The van der Waals surface area contributed by atoms with Crippen molar-refractivity contribution in [1.82, 2.24) is 20.9 Å². The van der Waals surface area contributed by atoms with Crippen molar-refractivity contribution < 1.29 is 29.0 Å². The molecule has 2 aromatic carbocycles. The first-order chi connectivity index (χ1) is 17.2. The van der Waals surface area contributed by atoms with E-state index in [1.165, 1.54) is 0 Å². The highest BCUT2D eigenvalue weighted by atomic mass is 16.5. The summed E-state index contributed by atoms with van der Waals surface area (Å²) in [5, 5.41) is 17.9. The number of carboxylic acids is 1. The lowest BCUT2D eigenvalue weighted by atomic mass is 10.0. The van der Waals surface area contributed by atoms with Crippen LogP contribution in [0, 0.1) is 5.92 Å². The lowest BCUT2D eigenvalue weighted by Crippen LogP contribution is -2.52. The molecule has 5 N–H and O–H groups in total. The number of ether oxygens (including phenoxy) is 1. The third-order valence-corrected chi connectivity index (χ3v) is 5.59. The number of aromatic nitrogens is 1. The molecule has 0 radical (unpaired) electrons. The molecule has 10 heteroatoms. The average molecular weight is 495 g/mol. The molecule has 0 saturated carbocycles. The number of aliphatic carboxylic acids is 1. The van der Waals surface area contributed by atoms with Crippen molar-refractivity contribution >= 4 is 34.8 Å². The number of H-pyrrole nitrogens is 1. The summed E-state index contributed by atoms with van der Waals surface area (Å²) in [7, 11) is 0. The number of hydrogen-bond donors (Lipinski definition) is 5. The molecular formula is C26H30N4O6. The molecule has 0 bridgehead atoms. The number of amides is 3. The second-order valence-corrected chi connectivity index (χ2v) is 8.67. The standard InChI is InChI=1S/C26H30N4O6/c1-16(2)23(30-26(35)36-15-17-8-4-3-5-9-17)24(32)28-14-22(31)29-21(25(33)34)12-18-13-27-20-11-7-6-10-19(18)20/h3-11,13,16,21,23,27H,12,14-15H2,1-2H3,(H,28,32)(H,29,31)(H,30,35)(H,33,34)/t21-,23+/m1/s1. The summed E-state index contributed by atoms with van der Waals surface area (Å²) in [5.41, 5.74) is 2.42. The summed E-state index contributed by atoms with van der Waals surface area (Å²) in [4.78, 5) is 52.1. The van der Waals surface area contributed by atoms with Crippen molar-refractivity contribution in [2.75, 3.05) is 6.54 Å². The summed E-state index contributed by atoms with van der Waals surface area (Å²) in [6, 6.07) is 14.4. The molecule has 1 heterocycles. The Morgan fingerprint density at radius 3 is 2.36 bits per heavy atom. The zero-order valence-electron chi connectivity index (χ0n) is 20.1. The van der Waals surface area contributed by atoms with Crippen LogP contribution in [0.25, 0.3) is 10.9 Å². The van der Waals surface area contributed by atoms with Gasteiger partial charge in [0.25, 0.3) is 0 Å². The van der Waals surface area contributed by atoms with Gasteiger partial charge in [-0.25, -0.2) is 9.59 Å². The van der Waals surface area contributed by atoms with Crippen LogP contribution in [0.15, 0.2) is 60.8 Å². The highest BCUT2D eigenvalue weighted by Crippen LogP contribution is 2.19. The minimum Gasteiger partial charge on any atom is -0.480 e. The fraction of sp³-hybridized carbons (Fsp3) is 0.308. The summed E-state index contributed by atoms with van der Waals surface area (Å²) in [5.74, 6) is -2.72. The fourth-order valence-corrected chi connectivity index (χ4v) is 3.67. The SMILES string of the molecule is CC(C)[C@H](NC(=O)OCc1ccccc1)C(=O)NCC(=O)N[C@H](Cc1c[nH]c2ccccc12)C(=O)O. The van der Waals surface area contributed by atoms with Crippen molar-refractivity contribution in [3.8, 4) is 0 Å². The van der Waals surface area contributed by atoms with Crippen LogP contribution >= 0.6 is 0 Å². The molecule has 190 valence electrons. The fourth-order valence-electron chi connectivity index (χ4n) is 3.67. The van der Waals surface area contributed by atoms with Crippen molar-refractivity contribution in [1.29, 1.82) is 0 Å². The molecule has 0 unspecified atom stereocenters. The van der Waals surface area contributed by atoms with Crippen LogP contribution in [0.2, 0.25) is 0 Å². The lowest BCUT2D eigenvalue weighted by molar-refractivity contribution is -0.141. The van der Waals surface area contributed by atoms with E-state index < -0.39 is 42.5 Å². The third kappa shape index (κ3) is 7.33. The minimum absolute atomic E-state index is 0.0501. The Kier molecular flexibility index (Phi) is 9.04. The Balaban J connectivity index is 1.51. The number of hydrogen-bond acceptors (Lipinski definition) is 5. The number of aromatic amines is 1. The van der Waals surface area contributed by atoms with Gasteiger partial charge in [0.1, 0.15) is 18.7 Å². The molecule has 10 nitrogen and oxygen atoms in total. The number of carbonyl (C=O) groups is 4. The van der Waals surface area contributed by atoms with E-state index in [2.05, 4.69) is 20.9 Å². The molecule has 0 aliphatic rings. The molecule has 2 atom stereocenters. The van der Waals surface area contributed by atoms with Gasteiger partial charge in [0.15, 0.2) is 0 Å². The third-order valence-electron chi connectivity index (χ3n) is 5.59. The molecule has 1 aromatic heterocycles. The maximum absolute atomic E-state index is 12.6. The van der Waals surface area contributed by atoms with Gasteiger partial charge in [0.2, 0.25) is 11.8 Å². The number of benzene rings is 2. The van der Waals surface area contributed by atoms with E-state index in [4.69, 9.17) is 4.74 Å². The Hall–Kier alpha value is -4.34. The smallest absolute Gasteiger partial charge is 0.408 e. The number of carboxylic acid groups (broad SMARTS) is 1. The largest absolute Gasteiger partial charge is 0.480 e. The van der Waals surface area contributed by atoms with Crippen LogP contribution in [0.4, 0.5) is 4.79 Å². The monoisotopic (exact) mass is 494 g/mol. The Morgan fingerprint density at radius 2 is 1.67 bits per heavy atom. The molecule has 36 heavy (non-hydrogen) atoms. The van der Waals surface area contributed by atoms with Crippen molar-refractivity contribution in [2.45, 2.75) is 39.0 Å². The van der Waals surface area contributed by atoms with Crippen molar-refractivity contribution in [3.63, 3.8) is 0 Å². The first kappa shape index (κ1) is 26.3. The van der Waals surface area contributed by atoms with Gasteiger partial charge in [-0.15, -0.1) is 0 Å². The molecule has 3 aromatic rings. The van der Waals surface area contributed by atoms with E-state index in [0.29, 0.717) is 0 Å². The van der Waals surface area contributed by atoms with Gasteiger partial charge in [0.05, 0.1) is 6.54 Å². The van der Waals surface area contributed by atoms with Gasteiger partial charge < -0.3 is 30.8 Å². The van der Waals surface area contributed by atoms with Crippen LogP contribution in [-0.4, -0.2) is 52.6 Å². The highest BCUT2D eigenvalue weighted by molar-refractivity contribution is 5.91. The van der Waals surface area contributed by atoms with Crippen molar-refractivity contribution in [2.24, 2.45) is 5.92 Å². The topological polar surface area (TPSA) is 150 Å².